The van der Waals surface area contributed by atoms with Gasteiger partial charge in [-0.25, -0.2) is 0 Å². The molecule has 30 heavy (non-hydrogen) atoms. The average molecular weight is 421 g/mol. The van der Waals surface area contributed by atoms with E-state index < -0.39 is 23.8 Å². The van der Waals surface area contributed by atoms with Crippen molar-refractivity contribution in [2.75, 3.05) is 7.11 Å². The van der Waals surface area contributed by atoms with Gasteiger partial charge in [0, 0.05) is 25.4 Å². The molecule has 0 bridgehead atoms. The molecule has 2 unspecified atom stereocenters. The van der Waals surface area contributed by atoms with Crippen LogP contribution in [-0.4, -0.2) is 46.2 Å². The van der Waals surface area contributed by atoms with Gasteiger partial charge in [-0.2, -0.15) is 0 Å². The molecule has 6 atom stereocenters. The minimum absolute atomic E-state index is 0.0500. The van der Waals surface area contributed by atoms with Gasteiger partial charge in [-0.05, 0) is 70.3 Å². The van der Waals surface area contributed by atoms with Gasteiger partial charge in [0.25, 0.3) is 0 Å². The normalized spacial score (nSPS) is 31.8. The fourth-order valence-corrected chi connectivity index (χ4v) is 5.09. The van der Waals surface area contributed by atoms with Gasteiger partial charge in [0.05, 0.1) is 17.8 Å². The van der Waals surface area contributed by atoms with Gasteiger partial charge in [0.15, 0.2) is 0 Å². The number of allylic oxidation sites excluding steroid dienone is 3. The number of hydrogen-bond acceptors (Lipinski definition) is 4. The lowest BCUT2D eigenvalue weighted by molar-refractivity contribution is -0.141. The van der Waals surface area contributed by atoms with E-state index in [4.69, 9.17) is 9.84 Å². The Labute approximate surface area is 181 Å². The van der Waals surface area contributed by atoms with Crippen LogP contribution in [0.1, 0.15) is 72.1 Å². The van der Waals surface area contributed by atoms with Crippen molar-refractivity contribution in [3.05, 3.63) is 35.5 Å². The summed E-state index contributed by atoms with van der Waals surface area (Å²) in [6.45, 7) is 6.37. The van der Waals surface area contributed by atoms with Crippen molar-refractivity contribution in [3.63, 3.8) is 0 Å². The molecule has 2 aliphatic carbocycles. The molecule has 5 heteroatoms. The van der Waals surface area contributed by atoms with Crippen molar-refractivity contribution < 1.29 is 24.9 Å². The van der Waals surface area contributed by atoms with Gasteiger partial charge in [-0.3, -0.25) is 4.79 Å². The Morgan fingerprint density at radius 1 is 1.33 bits per heavy atom. The van der Waals surface area contributed by atoms with E-state index in [1.807, 2.05) is 18.2 Å². The number of hydrogen-bond donors (Lipinski definition) is 3. The van der Waals surface area contributed by atoms with Crippen LogP contribution in [0, 0.1) is 17.8 Å². The summed E-state index contributed by atoms with van der Waals surface area (Å²) < 4.78 is 5.93. The third kappa shape index (κ3) is 6.29. The highest BCUT2D eigenvalue weighted by atomic mass is 16.5. The van der Waals surface area contributed by atoms with Crippen LogP contribution in [0.15, 0.2) is 35.5 Å². The van der Waals surface area contributed by atoms with Crippen LogP contribution in [0.4, 0.5) is 0 Å². The molecule has 0 aromatic carbocycles. The van der Waals surface area contributed by atoms with Crippen LogP contribution in [0.5, 0.6) is 0 Å². The standard InChI is InChI=1S/C25H40O5/c1-17(2)7-5-8-18(3)15-20(26)11-12-21-22-16-19(9-6-10-24(28)29)25(22,30-4)14-13-23(21)27/h7,9,11-12,18,20-23,26-27H,5-6,8,10,13-16H2,1-4H3,(H,28,29)/b12-11+,19-9?/t18?,20?,21-,22+,23+,25-/m0/s1. The molecule has 2 fully saturated rings. The molecule has 2 rings (SSSR count). The monoisotopic (exact) mass is 420 g/mol. The molecule has 0 heterocycles. The third-order valence-electron chi connectivity index (χ3n) is 6.83. The molecule has 0 amide bonds. The maximum absolute atomic E-state index is 10.8. The zero-order chi connectivity index (χ0) is 22.3. The summed E-state index contributed by atoms with van der Waals surface area (Å²) in [4.78, 5) is 10.8. The van der Waals surface area contributed by atoms with E-state index >= 15 is 0 Å². The van der Waals surface area contributed by atoms with Crippen LogP contribution >= 0.6 is 0 Å². The first-order valence-corrected chi connectivity index (χ1v) is 11.3. The Kier molecular flexibility index (Phi) is 9.32. The number of fused-ring (bicyclic) bond motifs is 1. The number of aliphatic hydroxyl groups excluding tert-OH is 2. The highest BCUT2D eigenvalue weighted by Crippen LogP contribution is 2.57. The van der Waals surface area contributed by atoms with Gasteiger partial charge < -0.3 is 20.1 Å². The molecule has 3 N–H and O–H groups in total. The van der Waals surface area contributed by atoms with Gasteiger partial charge in [-0.1, -0.05) is 36.8 Å². The summed E-state index contributed by atoms with van der Waals surface area (Å²) in [5.74, 6) is -0.243. The topological polar surface area (TPSA) is 87.0 Å². The second kappa shape index (κ2) is 11.3. The smallest absolute Gasteiger partial charge is 0.303 e. The van der Waals surface area contributed by atoms with Crippen molar-refractivity contribution in [3.8, 4) is 0 Å². The molecule has 0 aliphatic heterocycles. The first-order valence-electron chi connectivity index (χ1n) is 11.3. The zero-order valence-corrected chi connectivity index (χ0v) is 19.0. The quantitative estimate of drug-likeness (QED) is 0.424. The Hall–Kier alpha value is -1.43. The van der Waals surface area contributed by atoms with E-state index in [1.54, 1.807) is 7.11 Å². The van der Waals surface area contributed by atoms with Crippen LogP contribution in [0.3, 0.4) is 0 Å². The summed E-state index contributed by atoms with van der Waals surface area (Å²) in [6.07, 6.45) is 12.8. The van der Waals surface area contributed by atoms with Gasteiger partial charge >= 0.3 is 5.97 Å². The molecule has 2 saturated carbocycles. The average Bonchev–Trinajstić information content (AvgIpc) is 2.65. The molecule has 0 radical (unpaired) electrons. The van der Waals surface area contributed by atoms with Crippen LogP contribution in [-0.2, 0) is 9.53 Å². The van der Waals surface area contributed by atoms with Crippen molar-refractivity contribution in [2.24, 2.45) is 17.8 Å². The summed E-state index contributed by atoms with van der Waals surface area (Å²) in [6, 6.07) is 0. The first kappa shape index (κ1) is 24.8. The minimum atomic E-state index is -0.793. The van der Waals surface area contributed by atoms with E-state index in [-0.39, 0.29) is 18.3 Å². The summed E-state index contributed by atoms with van der Waals surface area (Å²) in [7, 11) is 1.71. The largest absolute Gasteiger partial charge is 0.481 e. The van der Waals surface area contributed by atoms with Crippen LogP contribution in [0.2, 0.25) is 0 Å². The highest BCUT2D eigenvalue weighted by Gasteiger charge is 2.57. The number of aliphatic carboxylic acids is 1. The van der Waals surface area contributed by atoms with Crippen LogP contribution in [0.25, 0.3) is 0 Å². The van der Waals surface area contributed by atoms with E-state index in [1.165, 1.54) is 5.57 Å². The Bertz CT molecular complexity index is 660. The van der Waals surface area contributed by atoms with E-state index in [9.17, 15) is 15.0 Å². The molecule has 0 aromatic rings. The lowest BCUT2D eigenvalue weighted by Gasteiger charge is -2.58. The Morgan fingerprint density at radius 3 is 2.70 bits per heavy atom. The molecular weight excluding hydrogens is 380 g/mol. The molecule has 170 valence electrons. The maximum Gasteiger partial charge on any atom is 0.303 e. The molecular formula is C25H40O5. The number of rotatable bonds is 11. The van der Waals surface area contributed by atoms with Gasteiger partial charge in [-0.15, -0.1) is 0 Å². The molecule has 0 spiro atoms. The van der Waals surface area contributed by atoms with Gasteiger partial charge in [0.1, 0.15) is 0 Å². The van der Waals surface area contributed by atoms with E-state index in [0.717, 1.165) is 37.7 Å². The fraction of sp³-hybridized carbons (Fsp3) is 0.720. The molecule has 2 aliphatic rings. The zero-order valence-electron chi connectivity index (χ0n) is 19.0. The minimum Gasteiger partial charge on any atom is -0.481 e. The fourth-order valence-electron chi connectivity index (χ4n) is 5.09. The second-order valence-corrected chi connectivity index (χ2v) is 9.40. The predicted octanol–water partition coefficient (Wildman–Crippen LogP) is 4.64. The van der Waals surface area contributed by atoms with Crippen molar-refractivity contribution >= 4 is 5.97 Å². The number of ether oxygens (including phenoxy) is 1. The first-order chi connectivity index (χ1) is 14.2. The SMILES string of the molecule is CO[C@]12CC[C@@H](O)[C@@H](/C=C/C(O)CC(C)CCC=C(C)C)[C@H]1CC2=CCCC(=O)O. The summed E-state index contributed by atoms with van der Waals surface area (Å²) >= 11 is 0. The number of carboxylic acid groups (broad SMARTS) is 1. The summed E-state index contributed by atoms with van der Waals surface area (Å²) in [5, 5.41) is 30.0. The lowest BCUT2D eigenvalue weighted by Crippen LogP contribution is -2.59. The molecule has 0 saturated heterocycles. The molecule has 0 aromatic heterocycles. The number of methoxy groups -OCH3 is 1. The third-order valence-corrected chi connectivity index (χ3v) is 6.83. The maximum atomic E-state index is 10.8. The van der Waals surface area contributed by atoms with Crippen LogP contribution < -0.4 is 0 Å². The second-order valence-electron chi connectivity index (χ2n) is 9.40. The lowest BCUT2D eigenvalue weighted by atomic mass is 9.53. The van der Waals surface area contributed by atoms with Crippen molar-refractivity contribution in [2.45, 2.75) is 89.9 Å². The van der Waals surface area contributed by atoms with Crippen molar-refractivity contribution in [1.82, 2.24) is 0 Å². The van der Waals surface area contributed by atoms with E-state index in [2.05, 4.69) is 26.8 Å². The Balaban J connectivity index is 1.96. The summed E-state index contributed by atoms with van der Waals surface area (Å²) in [5.41, 5.74) is 2.09. The van der Waals surface area contributed by atoms with Crippen molar-refractivity contribution in [1.29, 1.82) is 0 Å². The number of carboxylic acids is 1. The Morgan fingerprint density at radius 2 is 2.07 bits per heavy atom. The highest BCUT2D eigenvalue weighted by molar-refractivity contribution is 5.66. The van der Waals surface area contributed by atoms with Gasteiger partial charge in [0.2, 0.25) is 0 Å². The van der Waals surface area contributed by atoms with E-state index in [0.29, 0.717) is 18.8 Å². The predicted molar refractivity (Wildman–Crippen MR) is 119 cm³/mol. The number of aliphatic hydroxyl groups is 2. The number of carbonyl (C=O) groups is 1. The molecule has 5 nitrogen and oxygen atoms in total.